The zero-order valence-electron chi connectivity index (χ0n) is 20.8. The molecule has 204 valence electrons. The van der Waals surface area contributed by atoms with Crippen LogP contribution >= 0.6 is 0 Å². The van der Waals surface area contributed by atoms with Crippen LogP contribution in [0.3, 0.4) is 0 Å². The predicted molar refractivity (Wildman–Crippen MR) is 130 cm³/mol. The van der Waals surface area contributed by atoms with Crippen molar-refractivity contribution in [3.05, 3.63) is 48.2 Å². The summed E-state index contributed by atoms with van der Waals surface area (Å²) in [5, 5.41) is 17.7. The minimum atomic E-state index is -2.21. The van der Waals surface area contributed by atoms with Gasteiger partial charge in [-0.3, -0.25) is 9.59 Å². The number of hydrogen-bond acceptors (Lipinski definition) is 11. The number of halogens is 1. The first kappa shape index (κ1) is 27.6. The van der Waals surface area contributed by atoms with Crippen molar-refractivity contribution in [3.8, 4) is 34.7 Å². The SMILES string of the molecule is CC1(C(=O)OCC#N)COC(C(N)=O)(c2nc(-c3ccc(F)cc3)c(-c3ccnc(OCCCO)n3)[nH]2)OC1. The van der Waals surface area contributed by atoms with Crippen LogP contribution in [0, 0.1) is 22.6 Å². The lowest BCUT2D eigenvalue weighted by atomic mass is 9.91. The van der Waals surface area contributed by atoms with Gasteiger partial charge in [0.2, 0.25) is 0 Å². The molecule has 1 fully saturated rings. The normalized spacial score (nSPS) is 20.7. The summed E-state index contributed by atoms with van der Waals surface area (Å²) in [6, 6.07) is 8.76. The summed E-state index contributed by atoms with van der Waals surface area (Å²) >= 11 is 0. The van der Waals surface area contributed by atoms with Gasteiger partial charge in [0.15, 0.2) is 12.4 Å². The molecule has 39 heavy (non-hydrogen) atoms. The van der Waals surface area contributed by atoms with Crippen LogP contribution in [0.2, 0.25) is 0 Å². The summed E-state index contributed by atoms with van der Waals surface area (Å²) < 4.78 is 35.6. The fraction of sp³-hybridized carbons (Fsp3) is 0.360. The molecule has 1 amide bonds. The van der Waals surface area contributed by atoms with Gasteiger partial charge in [0.1, 0.15) is 17.3 Å². The van der Waals surface area contributed by atoms with Crippen LogP contribution < -0.4 is 10.5 Å². The number of amides is 1. The summed E-state index contributed by atoms with van der Waals surface area (Å²) in [6.07, 6.45) is 1.82. The number of imidazole rings is 1. The van der Waals surface area contributed by atoms with Gasteiger partial charge < -0.3 is 34.8 Å². The molecule has 3 aromatic rings. The van der Waals surface area contributed by atoms with Crippen molar-refractivity contribution in [1.29, 1.82) is 5.26 Å². The van der Waals surface area contributed by atoms with E-state index in [2.05, 4.69) is 19.9 Å². The van der Waals surface area contributed by atoms with Gasteiger partial charge in [0.05, 0.1) is 36.9 Å². The maximum absolute atomic E-state index is 13.7. The number of nitrogens with two attached hydrogens (primary N) is 1. The number of aromatic amines is 1. The zero-order valence-corrected chi connectivity index (χ0v) is 20.8. The third-order valence-corrected chi connectivity index (χ3v) is 5.83. The molecule has 0 saturated carbocycles. The van der Waals surface area contributed by atoms with Crippen molar-refractivity contribution in [2.45, 2.75) is 19.1 Å². The van der Waals surface area contributed by atoms with Crippen LogP contribution in [0.4, 0.5) is 4.39 Å². The molecular formula is C25H25FN6O7. The number of nitrogens with one attached hydrogen (secondary N) is 1. The van der Waals surface area contributed by atoms with Crippen molar-refractivity contribution >= 4 is 11.9 Å². The first-order valence-corrected chi connectivity index (χ1v) is 11.8. The molecule has 0 bridgehead atoms. The van der Waals surface area contributed by atoms with E-state index in [9.17, 15) is 14.0 Å². The second-order valence-corrected chi connectivity index (χ2v) is 8.82. The van der Waals surface area contributed by atoms with Gasteiger partial charge in [-0.1, -0.05) is 0 Å². The van der Waals surface area contributed by atoms with Crippen LogP contribution in [0.1, 0.15) is 19.2 Å². The number of hydrogen-bond donors (Lipinski definition) is 3. The molecule has 1 saturated heterocycles. The van der Waals surface area contributed by atoms with Gasteiger partial charge in [-0.25, -0.2) is 14.4 Å². The van der Waals surface area contributed by atoms with Crippen molar-refractivity contribution in [2.75, 3.05) is 33.0 Å². The smallest absolute Gasteiger partial charge is 0.317 e. The molecule has 0 aliphatic carbocycles. The second-order valence-electron chi connectivity index (χ2n) is 8.82. The van der Waals surface area contributed by atoms with Crippen molar-refractivity contribution in [3.63, 3.8) is 0 Å². The number of aromatic nitrogens is 4. The Balaban J connectivity index is 1.74. The van der Waals surface area contributed by atoms with Crippen molar-refractivity contribution in [2.24, 2.45) is 11.1 Å². The molecule has 14 heteroatoms. The Hall–Kier alpha value is -4.45. The molecule has 0 unspecified atom stereocenters. The standard InChI is InChI=1S/C25H25FN6O7/c1-24(22(35)36-12-8-27)13-38-25(20(28)34,39-14-24)21-31-18(15-3-5-16(26)6-4-15)19(32-21)17-7-9-29-23(30-17)37-11-2-10-33/h3-7,9,33H,2,10-14H2,1H3,(H2,28,34)(H,31,32). The highest BCUT2D eigenvalue weighted by Gasteiger charge is 2.54. The van der Waals surface area contributed by atoms with Crippen molar-refractivity contribution in [1.82, 2.24) is 19.9 Å². The molecule has 0 atom stereocenters. The number of esters is 1. The number of carbonyl (C=O) groups excluding carboxylic acids is 2. The Kier molecular flexibility index (Phi) is 8.15. The number of H-pyrrole nitrogens is 1. The van der Waals surface area contributed by atoms with E-state index < -0.39 is 35.5 Å². The highest BCUT2D eigenvalue weighted by Crippen LogP contribution is 2.39. The maximum atomic E-state index is 13.7. The van der Waals surface area contributed by atoms with E-state index in [0.29, 0.717) is 23.4 Å². The van der Waals surface area contributed by atoms with Crippen LogP contribution in [0.5, 0.6) is 6.01 Å². The van der Waals surface area contributed by atoms with E-state index in [1.807, 2.05) is 0 Å². The molecule has 0 radical (unpaired) electrons. The van der Waals surface area contributed by atoms with Gasteiger partial charge in [-0.2, -0.15) is 10.2 Å². The molecule has 13 nitrogen and oxygen atoms in total. The lowest BCUT2D eigenvalue weighted by Crippen LogP contribution is -2.56. The van der Waals surface area contributed by atoms with E-state index in [-0.39, 0.29) is 44.0 Å². The number of ether oxygens (including phenoxy) is 4. The van der Waals surface area contributed by atoms with E-state index in [1.54, 1.807) is 12.1 Å². The predicted octanol–water partition coefficient (Wildman–Crippen LogP) is 1.19. The molecule has 3 heterocycles. The third kappa shape index (κ3) is 5.70. The Labute approximate surface area is 221 Å². The summed E-state index contributed by atoms with van der Waals surface area (Å²) in [4.78, 5) is 41.1. The van der Waals surface area contributed by atoms with E-state index >= 15 is 0 Å². The molecule has 2 aromatic heterocycles. The van der Waals surface area contributed by atoms with Crippen LogP contribution in [-0.4, -0.2) is 70.0 Å². The minimum Gasteiger partial charge on any atom is -0.463 e. The van der Waals surface area contributed by atoms with E-state index in [0.717, 1.165) is 0 Å². The highest BCUT2D eigenvalue weighted by atomic mass is 19.1. The zero-order chi connectivity index (χ0) is 28.0. The monoisotopic (exact) mass is 540 g/mol. The number of primary amides is 1. The van der Waals surface area contributed by atoms with Crippen molar-refractivity contribution < 1.29 is 38.0 Å². The van der Waals surface area contributed by atoms with Crippen LogP contribution in [0.15, 0.2) is 36.5 Å². The van der Waals surface area contributed by atoms with E-state index in [1.165, 1.54) is 37.4 Å². The Bertz CT molecular complexity index is 1380. The molecule has 0 spiro atoms. The van der Waals surface area contributed by atoms with Gasteiger partial charge >= 0.3 is 17.8 Å². The molecule has 4 N–H and O–H groups in total. The van der Waals surface area contributed by atoms with Gasteiger partial charge in [0.25, 0.3) is 5.91 Å². The number of rotatable bonds is 10. The Morgan fingerprint density at radius 1 is 1.23 bits per heavy atom. The van der Waals surface area contributed by atoms with Gasteiger partial charge in [-0.15, -0.1) is 0 Å². The van der Waals surface area contributed by atoms with Crippen LogP contribution in [-0.2, 0) is 29.6 Å². The average molecular weight is 541 g/mol. The number of aliphatic hydroxyl groups is 1. The topological polar surface area (TPSA) is 196 Å². The third-order valence-electron chi connectivity index (χ3n) is 5.83. The fourth-order valence-corrected chi connectivity index (χ4v) is 3.70. The Morgan fingerprint density at radius 2 is 1.95 bits per heavy atom. The lowest BCUT2D eigenvalue weighted by molar-refractivity contribution is -0.293. The maximum Gasteiger partial charge on any atom is 0.317 e. The molecule has 1 aliphatic rings. The van der Waals surface area contributed by atoms with E-state index in [4.69, 9.17) is 35.0 Å². The summed E-state index contributed by atoms with van der Waals surface area (Å²) in [7, 11) is 0. The molecule has 4 rings (SSSR count). The van der Waals surface area contributed by atoms with Crippen LogP contribution in [0.25, 0.3) is 22.6 Å². The summed E-state index contributed by atoms with van der Waals surface area (Å²) in [5.41, 5.74) is 5.71. The number of nitrogens with zero attached hydrogens (tertiary/aromatic N) is 4. The largest absolute Gasteiger partial charge is 0.463 e. The first-order valence-electron chi connectivity index (χ1n) is 11.8. The number of carbonyl (C=O) groups is 2. The number of nitriles is 1. The quantitative estimate of drug-likeness (QED) is 0.247. The highest BCUT2D eigenvalue weighted by molar-refractivity contribution is 5.85. The minimum absolute atomic E-state index is 0.0311. The number of benzene rings is 1. The molecule has 1 aliphatic heterocycles. The molecule has 1 aromatic carbocycles. The first-order chi connectivity index (χ1) is 18.7. The Morgan fingerprint density at radius 3 is 2.59 bits per heavy atom. The van der Waals surface area contributed by atoms with Gasteiger partial charge in [0, 0.05) is 24.8 Å². The average Bonchev–Trinajstić information content (AvgIpc) is 3.39. The van der Waals surface area contributed by atoms with Gasteiger partial charge in [-0.05, 0) is 37.3 Å². The lowest BCUT2D eigenvalue weighted by Gasteiger charge is -2.40. The molecular weight excluding hydrogens is 515 g/mol. The second kappa shape index (κ2) is 11.5. The summed E-state index contributed by atoms with van der Waals surface area (Å²) in [5.74, 6) is -4.61. The summed E-state index contributed by atoms with van der Waals surface area (Å²) in [6.45, 7) is 0.484. The fourth-order valence-electron chi connectivity index (χ4n) is 3.70. The number of aliphatic hydroxyl groups excluding tert-OH is 1.